The van der Waals surface area contributed by atoms with Crippen LogP contribution in [0.4, 0.5) is 5.69 Å². The number of rotatable bonds is 9. The third kappa shape index (κ3) is 5.46. The minimum atomic E-state index is -0.392. The van der Waals surface area contributed by atoms with Crippen LogP contribution in [0.15, 0.2) is 18.2 Å². The number of nitrogens with two attached hydrogens (primary N) is 1. The lowest BCUT2D eigenvalue weighted by Crippen LogP contribution is -2.43. The van der Waals surface area contributed by atoms with Crippen LogP contribution >= 0.6 is 0 Å². The Morgan fingerprint density at radius 1 is 1.27 bits per heavy atom. The van der Waals surface area contributed by atoms with Crippen molar-refractivity contribution in [3.63, 3.8) is 0 Å². The molecule has 0 aromatic heterocycles. The molecule has 26 heavy (non-hydrogen) atoms. The number of anilines is 1. The van der Waals surface area contributed by atoms with Gasteiger partial charge in [-0.1, -0.05) is 18.9 Å². The maximum atomic E-state index is 12.7. The van der Waals surface area contributed by atoms with Gasteiger partial charge in [0.2, 0.25) is 11.8 Å². The van der Waals surface area contributed by atoms with E-state index in [9.17, 15) is 9.59 Å². The Balaban J connectivity index is 1.93. The first-order chi connectivity index (χ1) is 12.6. The number of carbonyl (C=O) groups excluding carboxylic acids is 2. The highest BCUT2D eigenvalue weighted by molar-refractivity contribution is 5.98. The van der Waals surface area contributed by atoms with Gasteiger partial charge in [0.1, 0.15) is 11.8 Å². The number of nitrogens with zero attached hydrogens (tertiary/aromatic N) is 1. The van der Waals surface area contributed by atoms with Gasteiger partial charge in [0.25, 0.3) is 0 Å². The van der Waals surface area contributed by atoms with E-state index in [2.05, 4.69) is 5.32 Å². The number of aryl methyl sites for hydroxylation is 1. The van der Waals surface area contributed by atoms with Crippen LogP contribution in [-0.2, 0) is 9.59 Å². The number of amides is 2. The first-order valence-corrected chi connectivity index (χ1v) is 9.52. The molecule has 6 nitrogen and oxygen atoms in total. The normalized spacial score (nSPS) is 16.6. The molecule has 1 aromatic rings. The number of nitrogens with one attached hydrogen (secondary N) is 1. The highest BCUT2D eigenvalue weighted by Crippen LogP contribution is 2.27. The van der Waals surface area contributed by atoms with Gasteiger partial charge in [-0.15, -0.1) is 0 Å². The zero-order valence-corrected chi connectivity index (χ0v) is 15.9. The molecule has 6 heteroatoms. The van der Waals surface area contributed by atoms with E-state index in [1.807, 2.05) is 25.1 Å². The molecule has 0 saturated carbocycles. The SMILES string of the molecule is COc1ccc(C)cc1NC(=O)C1CCCN1C(=O)CCCCCCN. The predicted octanol–water partition coefficient (Wildman–Crippen LogP) is 2.84. The van der Waals surface area contributed by atoms with Crippen molar-refractivity contribution in [3.05, 3.63) is 23.8 Å². The smallest absolute Gasteiger partial charge is 0.247 e. The van der Waals surface area contributed by atoms with Gasteiger partial charge < -0.3 is 20.7 Å². The maximum Gasteiger partial charge on any atom is 0.247 e. The first-order valence-electron chi connectivity index (χ1n) is 9.52. The molecule has 1 aliphatic rings. The molecule has 1 heterocycles. The lowest BCUT2D eigenvalue weighted by Gasteiger charge is -2.24. The predicted molar refractivity (Wildman–Crippen MR) is 103 cm³/mol. The van der Waals surface area contributed by atoms with Crippen molar-refractivity contribution in [1.29, 1.82) is 0 Å². The van der Waals surface area contributed by atoms with Crippen LogP contribution in [0.2, 0.25) is 0 Å². The highest BCUT2D eigenvalue weighted by atomic mass is 16.5. The van der Waals surface area contributed by atoms with Crippen molar-refractivity contribution in [2.24, 2.45) is 5.73 Å². The number of ether oxygens (including phenoxy) is 1. The summed E-state index contributed by atoms with van der Waals surface area (Å²) in [5, 5.41) is 2.94. The molecular formula is C20H31N3O3. The number of hydrogen-bond donors (Lipinski definition) is 2. The summed E-state index contributed by atoms with van der Waals surface area (Å²) < 4.78 is 5.32. The quantitative estimate of drug-likeness (QED) is 0.662. The van der Waals surface area contributed by atoms with Crippen molar-refractivity contribution in [1.82, 2.24) is 4.90 Å². The molecule has 1 aliphatic heterocycles. The van der Waals surface area contributed by atoms with E-state index in [-0.39, 0.29) is 11.8 Å². The Hall–Kier alpha value is -2.08. The van der Waals surface area contributed by atoms with E-state index in [4.69, 9.17) is 10.5 Å². The van der Waals surface area contributed by atoms with E-state index >= 15 is 0 Å². The monoisotopic (exact) mass is 361 g/mol. The summed E-state index contributed by atoms with van der Waals surface area (Å²) in [5.41, 5.74) is 7.18. The summed E-state index contributed by atoms with van der Waals surface area (Å²) in [6, 6.07) is 5.26. The Morgan fingerprint density at radius 2 is 2.04 bits per heavy atom. The standard InChI is InChI=1S/C20H31N3O3/c1-15-10-11-18(26-2)16(14-15)22-20(25)17-8-7-13-23(17)19(24)9-5-3-4-6-12-21/h10-11,14,17H,3-9,12-13,21H2,1-2H3,(H,22,25). The largest absolute Gasteiger partial charge is 0.495 e. The van der Waals surface area contributed by atoms with Gasteiger partial charge in [-0.2, -0.15) is 0 Å². The van der Waals surface area contributed by atoms with Gasteiger partial charge in [-0.3, -0.25) is 9.59 Å². The Bertz CT molecular complexity index is 618. The van der Waals surface area contributed by atoms with Gasteiger partial charge in [0.05, 0.1) is 12.8 Å². The van der Waals surface area contributed by atoms with E-state index in [0.29, 0.717) is 37.4 Å². The maximum absolute atomic E-state index is 12.7. The Morgan fingerprint density at radius 3 is 2.77 bits per heavy atom. The third-order valence-corrected chi connectivity index (χ3v) is 4.83. The van der Waals surface area contributed by atoms with Crippen LogP contribution in [0.3, 0.4) is 0 Å². The van der Waals surface area contributed by atoms with E-state index in [1.54, 1.807) is 12.0 Å². The number of likely N-dealkylation sites (tertiary alicyclic amines) is 1. The van der Waals surface area contributed by atoms with E-state index in [0.717, 1.165) is 37.7 Å². The average molecular weight is 361 g/mol. The summed E-state index contributed by atoms with van der Waals surface area (Å²) >= 11 is 0. The molecule has 1 unspecified atom stereocenters. The molecule has 2 amide bonds. The fourth-order valence-electron chi connectivity index (χ4n) is 3.39. The fraction of sp³-hybridized carbons (Fsp3) is 0.600. The number of unbranched alkanes of at least 4 members (excludes halogenated alkanes) is 3. The minimum absolute atomic E-state index is 0.0756. The lowest BCUT2D eigenvalue weighted by molar-refractivity contribution is -0.136. The molecule has 1 saturated heterocycles. The molecular weight excluding hydrogens is 330 g/mol. The molecule has 1 aromatic carbocycles. The summed E-state index contributed by atoms with van der Waals surface area (Å²) in [6.45, 7) is 3.32. The second kappa shape index (κ2) is 10.2. The van der Waals surface area contributed by atoms with Crippen molar-refractivity contribution >= 4 is 17.5 Å². The van der Waals surface area contributed by atoms with Crippen molar-refractivity contribution < 1.29 is 14.3 Å². The van der Waals surface area contributed by atoms with Gasteiger partial charge in [0.15, 0.2) is 0 Å². The zero-order chi connectivity index (χ0) is 18.9. The van der Waals surface area contributed by atoms with Crippen LogP contribution in [0, 0.1) is 6.92 Å². The molecule has 2 rings (SSSR count). The molecule has 3 N–H and O–H groups in total. The molecule has 0 spiro atoms. The van der Waals surface area contributed by atoms with E-state index < -0.39 is 6.04 Å². The lowest BCUT2D eigenvalue weighted by atomic mass is 10.1. The van der Waals surface area contributed by atoms with E-state index in [1.165, 1.54) is 0 Å². The Labute approximate surface area is 156 Å². The van der Waals surface area contributed by atoms with Crippen LogP contribution in [0.5, 0.6) is 5.75 Å². The van der Waals surface area contributed by atoms with Gasteiger partial charge >= 0.3 is 0 Å². The molecule has 1 fully saturated rings. The average Bonchev–Trinajstić information content (AvgIpc) is 3.11. The van der Waals surface area contributed by atoms with Crippen molar-refractivity contribution in [3.8, 4) is 5.75 Å². The molecule has 0 radical (unpaired) electrons. The second-order valence-electron chi connectivity index (χ2n) is 6.89. The van der Waals surface area contributed by atoms with Gasteiger partial charge in [-0.05, 0) is 56.8 Å². The molecule has 144 valence electrons. The number of methoxy groups -OCH3 is 1. The number of hydrogen-bond acceptors (Lipinski definition) is 4. The molecule has 0 bridgehead atoms. The summed E-state index contributed by atoms with van der Waals surface area (Å²) in [5.74, 6) is 0.564. The third-order valence-electron chi connectivity index (χ3n) is 4.83. The summed E-state index contributed by atoms with van der Waals surface area (Å²) in [6.07, 6.45) is 5.99. The van der Waals surface area contributed by atoms with Gasteiger partial charge in [-0.25, -0.2) is 0 Å². The van der Waals surface area contributed by atoms with Crippen LogP contribution < -0.4 is 15.8 Å². The minimum Gasteiger partial charge on any atom is -0.495 e. The fourth-order valence-corrected chi connectivity index (χ4v) is 3.39. The summed E-state index contributed by atoms with van der Waals surface area (Å²) in [4.78, 5) is 27.0. The van der Waals surface area contributed by atoms with Crippen molar-refractivity contribution in [2.45, 2.75) is 57.9 Å². The first kappa shape index (κ1) is 20.2. The van der Waals surface area contributed by atoms with Crippen molar-refractivity contribution in [2.75, 3.05) is 25.5 Å². The second-order valence-corrected chi connectivity index (χ2v) is 6.89. The highest BCUT2D eigenvalue weighted by Gasteiger charge is 2.33. The molecule has 0 aliphatic carbocycles. The van der Waals surface area contributed by atoms with Gasteiger partial charge in [0, 0.05) is 13.0 Å². The molecule has 1 atom stereocenters. The Kier molecular flexibility index (Phi) is 7.91. The van der Waals surface area contributed by atoms with Crippen LogP contribution in [0.1, 0.15) is 50.5 Å². The number of benzene rings is 1. The van der Waals surface area contributed by atoms with Crippen LogP contribution in [-0.4, -0.2) is 43.0 Å². The zero-order valence-electron chi connectivity index (χ0n) is 15.9. The number of carbonyl (C=O) groups is 2. The topological polar surface area (TPSA) is 84.7 Å². The van der Waals surface area contributed by atoms with Crippen LogP contribution in [0.25, 0.3) is 0 Å². The summed E-state index contributed by atoms with van der Waals surface area (Å²) in [7, 11) is 1.58.